The molecule has 2 aromatic carbocycles. The number of aliphatic carboxylic acids is 1. The van der Waals surface area contributed by atoms with Crippen LogP contribution in [0.1, 0.15) is 24.8 Å². The smallest absolute Gasteiger partial charge is 0.314 e. The highest BCUT2D eigenvalue weighted by Crippen LogP contribution is 2.44. The van der Waals surface area contributed by atoms with Gasteiger partial charge in [0.2, 0.25) is 0 Å². The third-order valence-corrected chi connectivity index (χ3v) is 4.81. The predicted octanol–water partition coefficient (Wildman–Crippen LogP) is 3.69. The van der Waals surface area contributed by atoms with Gasteiger partial charge in [0.1, 0.15) is 18.1 Å². The molecule has 25 heavy (non-hydrogen) atoms. The largest absolute Gasteiger partial charge is 0.497 e. The molecule has 1 aliphatic rings. The van der Waals surface area contributed by atoms with Crippen molar-refractivity contribution in [2.45, 2.75) is 24.7 Å². The molecule has 2 aromatic rings. The highest BCUT2D eigenvalue weighted by Gasteiger charge is 2.45. The van der Waals surface area contributed by atoms with Gasteiger partial charge in [0, 0.05) is 12.2 Å². The van der Waals surface area contributed by atoms with Crippen molar-refractivity contribution in [3.63, 3.8) is 0 Å². The lowest BCUT2D eigenvalue weighted by molar-refractivity contribution is -0.147. The number of carboxylic acids is 1. The van der Waals surface area contributed by atoms with Crippen LogP contribution in [0, 0.1) is 0 Å². The van der Waals surface area contributed by atoms with Crippen molar-refractivity contribution in [2.24, 2.45) is 0 Å². The molecule has 1 aliphatic carbocycles. The first-order chi connectivity index (χ1) is 12.1. The van der Waals surface area contributed by atoms with E-state index in [0.717, 1.165) is 42.0 Å². The molecule has 1 saturated carbocycles. The highest BCUT2D eigenvalue weighted by molar-refractivity contribution is 5.82. The molecule has 0 radical (unpaired) electrons. The fraction of sp³-hybridized carbons (Fsp3) is 0.350. The number of carboxylic acid groups (broad SMARTS) is 1. The Hall–Kier alpha value is -2.69. The molecule has 0 aliphatic heterocycles. The molecular weight excluding hydrogens is 318 g/mol. The molecule has 0 unspecified atom stereocenters. The standard InChI is InChI=1S/C20H23NO4/c1-24-17-7-9-18(10-8-17)25-14-13-21-16-5-3-15(4-6-16)20(19(22)23)11-2-12-20/h3-10,21H,2,11-14H2,1H3,(H,22,23). The maximum Gasteiger partial charge on any atom is 0.314 e. The van der Waals surface area contributed by atoms with Gasteiger partial charge in [-0.2, -0.15) is 0 Å². The first kappa shape index (κ1) is 17.1. The predicted molar refractivity (Wildman–Crippen MR) is 96.6 cm³/mol. The SMILES string of the molecule is COc1ccc(OCCNc2ccc(C3(C(=O)O)CCC3)cc2)cc1. The molecule has 0 aromatic heterocycles. The summed E-state index contributed by atoms with van der Waals surface area (Å²) >= 11 is 0. The van der Waals surface area contributed by atoms with E-state index in [9.17, 15) is 9.90 Å². The van der Waals surface area contributed by atoms with Crippen LogP contribution in [0.4, 0.5) is 5.69 Å². The van der Waals surface area contributed by atoms with Gasteiger partial charge < -0.3 is 19.9 Å². The molecule has 0 atom stereocenters. The van der Waals surface area contributed by atoms with E-state index in [0.29, 0.717) is 13.2 Å². The van der Waals surface area contributed by atoms with Crippen molar-refractivity contribution in [1.29, 1.82) is 0 Å². The minimum Gasteiger partial charge on any atom is -0.497 e. The number of anilines is 1. The number of hydrogen-bond acceptors (Lipinski definition) is 4. The van der Waals surface area contributed by atoms with Crippen molar-refractivity contribution in [2.75, 3.05) is 25.6 Å². The maximum absolute atomic E-state index is 11.5. The van der Waals surface area contributed by atoms with E-state index in [-0.39, 0.29) is 0 Å². The number of benzene rings is 2. The van der Waals surface area contributed by atoms with E-state index in [1.165, 1.54) is 0 Å². The Balaban J connectivity index is 1.48. The zero-order chi connectivity index (χ0) is 17.7. The normalized spacial score (nSPS) is 15.1. The first-order valence-corrected chi connectivity index (χ1v) is 8.49. The maximum atomic E-state index is 11.5. The topological polar surface area (TPSA) is 67.8 Å². The number of nitrogens with one attached hydrogen (secondary N) is 1. The average Bonchev–Trinajstić information content (AvgIpc) is 2.59. The lowest BCUT2D eigenvalue weighted by Gasteiger charge is -2.38. The van der Waals surface area contributed by atoms with Crippen LogP contribution in [0.5, 0.6) is 11.5 Å². The van der Waals surface area contributed by atoms with Gasteiger partial charge in [0.05, 0.1) is 12.5 Å². The van der Waals surface area contributed by atoms with Crippen molar-refractivity contribution in [3.8, 4) is 11.5 Å². The van der Waals surface area contributed by atoms with Crippen LogP contribution in [0.3, 0.4) is 0 Å². The van der Waals surface area contributed by atoms with E-state index in [4.69, 9.17) is 9.47 Å². The molecule has 0 bridgehead atoms. The number of rotatable bonds is 8. The zero-order valence-electron chi connectivity index (χ0n) is 14.3. The van der Waals surface area contributed by atoms with Crippen LogP contribution in [0.15, 0.2) is 48.5 Å². The fourth-order valence-corrected chi connectivity index (χ4v) is 3.10. The Bertz CT molecular complexity index is 705. The Kier molecular flexibility index (Phi) is 5.12. The van der Waals surface area contributed by atoms with Gasteiger partial charge in [-0.05, 0) is 54.8 Å². The van der Waals surface area contributed by atoms with Crippen molar-refractivity contribution in [1.82, 2.24) is 0 Å². The second kappa shape index (κ2) is 7.47. The molecule has 0 heterocycles. The molecule has 5 heteroatoms. The fourth-order valence-electron chi connectivity index (χ4n) is 3.10. The summed E-state index contributed by atoms with van der Waals surface area (Å²) in [7, 11) is 1.63. The minimum atomic E-state index is -0.715. The van der Waals surface area contributed by atoms with E-state index >= 15 is 0 Å². The van der Waals surface area contributed by atoms with Crippen LogP contribution in [-0.4, -0.2) is 31.3 Å². The van der Waals surface area contributed by atoms with Gasteiger partial charge in [-0.15, -0.1) is 0 Å². The Labute approximate surface area is 147 Å². The molecule has 5 nitrogen and oxygen atoms in total. The molecule has 0 amide bonds. The van der Waals surface area contributed by atoms with Gasteiger partial charge in [0.25, 0.3) is 0 Å². The third kappa shape index (κ3) is 3.71. The number of carbonyl (C=O) groups is 1. The summed E-state index contributed by atoms with van der Waals surface area (Å²) in [4.78, 5) is 11.5. The van der Waals surface area contributed by atoms with Gasteiger partial charge in [-0.25, -0.2) is 0 Å². The van der Waals surface area contributed by atoms with Crippen molar-refractivity contribution >= 4 is 11.7 Å². The van der Waals surface area contributed by atoms with Gasteiger partial charge in [-0.3, -0.25) is 4.79 Å². The van der Waals surface area contributed by atoms with E-state index < -0.39 is 11.4 Å². The van der Waals surface area contributed by atoms with Gasteiger partial charge in [-0.1, -0.05) is 18.6 Å². The number of methoxy groups -OCH3 is 1. The van der Waals surface area contributed by atoms with E-state index in [1.807, 2.05) is 48.5 Å². The van der Waals surface area contributed by atoms with E-state index in [2.05, 4.69) is 5.32 Å². The second-order valence-electron chi connectivity index (χ2n) is 6.27. The zero-order valence-corrected chi connectivity index (χ0v) is 14.3. The molecule has 1 fully saturated rings. The Morgan fingerprint density at radius 3 is 2.24 bits per heavy atom. The van der Waals surface area contributed by atoms with Crippen molar-refractivity contribution in [3.05, 3.63) is 54.1 Å². The monoisotopic (exact) mass is 341 g/mol. The summed E-state index contributed by atoms with van der Waals surface area (Å²) in [5.74, 6) is 0.884. The average molecular weight is 341 g/mol. The molecule has 2 N–H and O–H groups in total. The lowest BCUT2D eigenvalue weighted by atomic mass is 9.64. The van der Waals surface area contributed by atoms with E-state index in [1.54, 1.807) is 7.11 Å². The van der Waals surface area contributed by atoms with Crippen LogP contribution in [0.25, 0.3) is 0 Å². The summed E-state index contributed by atoms with van der Waals surface area (Å²) < 4.78 is 10.8. The summed E-state index contributed by atoms with van der Waals surface area (Å²) in [6.07, 6.45) is 2.44. The summed E-state index contributed by atoms with van der Waals surface area (Å²) in [6, 6.07) is 15.2. The molecule has 0 spiro atoms. The highest BCUT2D eigenvalue weighted by atomic mass is 16.5. The lowest BCUT2D eigenvalue weighted by Crippen LogP contribution is -2.42. The molecule has 132 valence electrons. The van der Waals surface area contributed by atoms with Crippen molar-refractivity contribution < 1.29 is 19.4 Å². The molecule has 0 saturated heterocycles. The summed E-state index contributed by atoms with van der Waals surface area (Å²) in [5, 5.41) is 12.8. The number of ether oxygens (including phenoxy) is 2. The summed E-state index contributed by atoms with van der Waals surface area (Å²) in [6.45, 7) is 1.20. The van der Waals surface area contributed by atoms with Crippen LogP contribution in [0.2, 0.25) is 0 Å². The quantitative estimate of drug-likeness (QED) is 0.717. The van der Waals surface area contributed by atoms with Crippen LogP contribution >= 0.6 is 0 Å². The van der Waals surface area contributed by atoms with Gasteiger partial charge >= 0.3 is 5.97 Å². The number of hydrogen-bond donors (Lipinski definition) is 2. The second-order valence-corrected chi connectivity index (χ2v) is 6.27. The molecule has 3 rings (SSSR count). The summed E-state index contributed by atoms with van der Waals surface area (Å²) in [5.41, 5.74) is 1.18. The van der Waals surface area contributed by atoms with Gasteiger partial charge in [0.15, 0.2) is 0 Å². The molecular formula is C20H23NO4. The Morgan fingerprint density at radius 2 is 1.72 bits per heavy atom. The Morgan fingerprint density at radius 1 is 1.08 bits per heavy atom. The first-order valence-electron chi connectivity index (χ1n) is 8.49. The van der Waals surface area contributed by atoms with Crippen LogP contribution < -0.4 is 14.8 Å². The third-order valence-electron chi connectivity index (χ3n) is 4.81. The minimum absolute atomic E-state index is 0.535. The van der Waals surface area contributed by atoms with Crippen LogP contribution in [-0.2, 0) is 10.2 Å².